The second kappa shape index (κ2) is 5.57. The highest BCUT2D eigenvalue weighted by Crippen LogP contribution is 2.27. The van der Waals surface area contributed by atoms with Crippen LogP contribution in [0.4, 0.5) is 11.4 Å². The van der Waals surface area contributed by atoms with E-state index in [9.17, 15) is 4.79 Å². The van der Waals surface area contributed by atoms with Gasteiger partial charge in [-0.15, -0.1) is 11.3 Å². The molecule has 3 N–H and O–H groups in total. The maximum Gasteiger partial charge on any atom is 0.256 e. The fourth-order valence-electron chi connectivity index (χ4n) is 1.43. The number of carbonyl (C=O) groups is 1. The molecule has 0 aliphatic carbocycles. The molecule has 0 saturated heterocycles. The molecule has 0 aliphatic heterocycles. The van der Waals surface area contributed by atoms with Crippen molar-refractivity contribution in [2.45, 2.75) is 0 Å². The molecule has 0 saturated carbocycles. The van der Waals surface area contributed by atoms with Crippen molar-refractivity contribution in [1.29, 1.82) is 0 Å². The molecule has 18 heavy (non-hydrogen) atoms. The first kappa shape index (κ1) is 13.2. The summed E-state index contributed by atoms with van der Waals surface area (Å²) in [4.78, 5) is 12.0. The number of hydrogen-bond acceptors (Lipinski definition) is 4. The van der Waals surface area contributed by atoms with Gasteiger partial charge in [0.25, 0.3) is 5.91 Å². The molecule has 0 aliphatic rings. The fraction of sp³-hybridized carbons (Fsp3) is 0.0833. The minimum Gasteiger partial charge on any atom is -0.494 e. The van der Waals surface area contributed by atoms with E-state index >= 15 is 0 Å². The average molecular weight is 374 g/mol. The maximum absolute atomic E-state index is 12.0. The lowest BCUT2D eigenvalue weighted by atomic mass is 10.2. The maximum atomic E-state index is 12.0. The Balaban J connectivity index is 2.21. The van der Waals surface area contributed by atoms with E-state index in [-0.39, 0.29) is 5.91 Å². The molecule has 4 nitrogen and oxygen atoms in total. The van der Waals surface area contributed by atoms with Gasteiger partial charge in [-0.3, -0.25) is 4.79 Å². The molecule has 6 heteroatoms. The summed E-state index contributed by atoms with van der Waals surface area (Å²) in [5.74, 6) is 0.394. The van der Waals surface area contributed by atoms with Gasteiger partial charge in [0.2, 0.25) is 0 Å². The number of nitrogen functional groups attached to an aromatic ring is 1. The van der Waals surface area contributed by atoms with Gasteiger partial charge >= 0.3 is 0 Å². The highest BCUT2D eigenvalue weighted by atomic mass is 127. The summed E-state index contributed by atoms with van der Waals surface area (Å²) in [5.41, 5.74) is 7.50. The number of nitrogens with two attached hydrogens (primary N) is 1. The summed E-state index contributed by atoms with van der Waals surface area (Å²) in [6.07, 6.45) is 0. The second-order valence-corrected chi connectivity index (χ2v) is 6.36. The van der Waals surface area contributed by atoms with Crippen LogP contribution in [0.5, 0.6) is 5.75 Å². The number of hydrogen-bond donors (Lipinski definition) is 2. The molecule has 1 heterocycles. The molecule has 0 unspecified atom stereocenters. The predicted molar refractivity (Wildman–Crippen MR) is 82.4 cm³/mol. The summed E-state index contributed by atoms with van der Waals surface area (Å²) in [5, 5.41) is 4.62. The summed E-state index contributed by atoms with van der Waals surface area (Å²) in [6, 6.07) is 6.95. The molecule has 0 spiro atoms. The van der Waals surface area contributed by atoms with E-state index in [0.29, 0.717) is 22.7 Å². The Morgan fingerprint density at radius 2 is 2.22 bits per heavy atom. The van der Waals surface area contributed by atoms with E-state index in [2.05, 4.69) is 27.9 Å². The Labute approximate surface area is 122 Å². The topological polar surface area (TPSA) is 64.3 Å². The third kappa shape index (κ3) is 2.94. The zero-order valence-corrected chi connectivity index (χ0v) is 12.5. The van der Waals surface area contributed by atoms with Crippen molar-refractivity contribution in [3.8, 4) is 5.75 Å². The van der Waals surface area contributed by atoms with Crippen molar-refractivity contribution in [1.82, 2.24) is 0 Å². The van der Waals surface area contributed by atoms with E-state index < -0.39 is 0 Å². The van der Waals surface area contributed by atoms with Crippen molar-refractivity contribution in [3.05, 3.63) is 38.1 Å². The molecule has 0 fully saturated rings. The number of carbonyl (C=O) groups excluding carboxylic acids is 1. The van der Waals surface area contributed by atoms with Gasteiger partial charge in [-0.25, -0.2) is 0 Å². The van der Waals surface area contributed by atoms with Crippen LogP contribution in [0.15, 0.2) is 29.6 Å². The molecule has 0 atom stereocenters. The first-order chi connectivity index (χ1) is 8.60. The first-order valence-electron chi connectivity index (χ1n) is 5.09. The third-order valence-corrected chi connectivity index (χ3v) is 4.09. The number of anilines is 2. The van der Waals surface area contributed by atoms with Gasteiger partial charge in [-0.1, -0.05) is 0 Å². The normalized spacial score (nSPS) is 10.1. The molecular formula is C12H11IN2O2S. The van der Waals surface area contributed by atoms with Gasteiger partial charge in [0.15, 0.2) is 0 Å². The van der Waals surface area contributed by atoms with Gasteiger partial charge in [0, 0.05) is 17.1 Å². The van der Waals surface area contributed by atoms with Crippen LogP contribution in [-0.4, -0.2) is 13.0 Å². The summed E-state index contributed by atoms with van der Waals surface area (Å²) in [6.45, 7) is 0. The lowest BCUT2D eigenvalue weighted by Gasteiger charge is -2.10. The molecule has 1 aromatic heterocycles. The Kier molecular flexibility index (Phi) is 4.07. The van der Waals surface area contributed by atoms with E-state index in [1.165, 1.54) is 18.4 Å². The minimum absolute atomic E-state index is 0.155. The van der Waals surface area contributed by atoms with Crippen LogP contribution < -0.4 is 15.8 Å². The Morgan fingerprint density at radius 3 is 2.83 bits per heavy atom. The highest BCUT2D eigenvalue weighted by molar-refractivity contribution is 14.1. The predicted octanol–water partition coefficient (Wildman–Crippen LogP) is 3.20. The van der Waals surface area contributed by atoms with Crippen LogP contribution in [0, 0.1) is 2.88 Å². The quantitative estimate of drug-likeness (QED) is 0.641. The Bertz CT molecular complexity index is 583. The number of halogens is 1. The van der Waals surface area contributed by atoms with Gasteiger partial charge in [0.05, 0.1) is 21.2 Å². The summed E-state index contributed by atoms with van der Waals surface area (Å²) < 4.78 is 6.25. The number of nitrogens with one attached hydrogen (secondary N) is 1. The van der Waals surface area contributed by atoms with E-state index in [1.54, 1.807) is 18.2 Å². The number of benzene rings is 1. The van der Waals surface area contributed by atoms with Crippen molar-refractivity contribution in [2.24, 2.45) is 0 Å². The number of rotatable bonds is 3. The fourth-order valence-corrected chi connectivity index (χ4v) is 2.76. The first-order valence-corrected chi connectivity index (χ1v) is 7.05. The van der Waals surface area contributed by atoms with Crippen LogP contribution in [0.1, 0.15) is 10.4 Å². The molecule has 94 valence electrons. The number of ether oxygens (including phenoxy) is 1. The number of methoxy groups -OCH3 is 1. The van der Waals surface area contributed by atoms with Crippen molar-refractivity contribution in [3.63, 3.8) is 0 Å². The van der Waals surface area contributed by atoms with Gasteiger partial charge in [-0.2, -0.15) is 0 Å². The van der Waals surface area contributed by atoms with Gasteiger partial charge in [-0.05, 0) is 40.8 Å². The molecule has 2 rings (SSSR count). The highest BCUT2D eigenvalue weighted by Gasteiger charge is 2.11. The Hall–Kier alpha value is -1.28. The molecule has 2 aromatic rings. The van der Waals surface area contributed by atoms with E-state index in [0.717, 1.165) is 2.88 Å². The largest absolute Gasteiger partial charge is 0.494 e. The number of amides is 1. The standard InChI is InChI=1S/C12H11IN2O2S/c1-17-10-5-8(14)2-3-9(10)15-12(16)7-4-11(13)18-6-7/h2-6H,14H2,1H3,(H,15,16). The molecule has 1 amide bonds. The smallest absolute Gasteiger partial charge is 0.256 e. The molecular weight excluding hydrogens is 363 g/mol. The minimum atomic E-state index is -0.155. The monoisotopic (exact) mass is 374 g/mol. The zero-order chi connectivity index (χ0) is 13.1. The van der Waals surface area contributed by atoms with Gasteiger partial charge in [0.1, 0.15) is 5.75 Å². The lowest BCUT2D eigenvalue weighted by molar-refractivity contribution is 0.102. The van der Waals surface area contributed by atoms with Crippen molar-refractivity contribution < 1.29 is 9.53 Å². The second-order valence-electron chi connectivity index (χ2n) is 3.55. The van der Waals surface area contributed by atoms with Gasteiger partial charge < -0.3 is 15.8 Å². The Morgan fingerprint density at radius 1 is 1.44 bits per heavy atom. The van der Waals surface area contributed by atoms with Crippen LogP contribution in [0.3, 0.4) is 0 Å². The number of thiophene rings is 1. The average Bonchev–Trinajstić information content (AvgIpc) is 2.78. The van der Waals surface area contributed by atoms with Crippen molar-refractivity contribution >= 4 is 51.2 Å². The third-order valence-electron chi connectivity index (χ3n) is 2.30. The van der Waals surface area contributed by atoms with E-state index in [1.807, 2.05) is 11.4 Å². The van der Waals surface area contributed by atoms with Crippen LogP contribution in [0.2, 0.25) is 0 Å². The molecule has 0 radical (unpaired) electrons. The zero-order valence-electron chi connectivity index (χ0n) is 9.57. The van der Waals surface area contributed by atoms with Crippen molar-refractivity contribution in [2.75, 3.05) is 18.2 Å². The summed E-state index contributed by atoms with van der Waals surface area (Å²) in [7, 11) is 1.54. The van der Waals surface area contributed by atoms with Crippen LogP contribution in [0.25, 0.3) is 0 Å². The van der Waals surface area contributed by atoms with Crippen LogP contribution >= 0.6 is 33.9 Å². The van der Waals surface area contributed by atoms with Crippen LogP contribution in [-0.2, 0) is 0 Å². The molecule has 1 aromatic carbocycles. The summed E-state index contributed by atoms with van der Waals surface area (Å²) >= 11 is 3.71. The SMILES string of the molecule is COc1cc(N)ccc1NC(=O)c1csc(I)c1. The lowest BCUT2D eigenvalue weighted by Crippen LogP contribution is -2.11. The molecule has 0 bridgehead atoms. The van der Waals surface area contributed by atoms with E-state index in [4.69, 9.17) is 10.5 Å².